The molecule has 2 aromatic rings. The molecule has 1 aromatic carbocycles. The summed E-state index contributed by atoms with van der Waals surface area (Å²) in [6.07, 6.45) is 2.01. The molecule has 0 saturated carbocycles. The number of aromatic nitrogens is 1. The SMILES string of the molecule is CCCc1ccc(S(=O)(=O)NCc2csc(C)n2)cc1. The zero-order chi connectivity index (χ0) is 14.6. The average molecular weight is 310 g/mol. The van der Waals surface area contributed by atoms with Crippen molar-refractivity contribution in [3.05, 3.63) is 45.9 Å². The molecule has 20 heavy (non-hydrogen) atoms. The van der Waals surface area contributed by atoms with E-state index in [9.17, 15) is 8.42 Å². The highest BCUT2D eigenvalue weighted by Gasteiger charge is 2.14. The molecule has 0 aliphatic carbocycles. The minimum absolute atomic E-state index is 0.226. The number of benzene rings is 1. The molecule has 0 aliphatic heterocycles. The maximum Gasteiger partial charge on any atom is 0.240 e. The number of nitrogens with one attached hydrogen (secondary N) is 1. The van der Waals surface area contributed by atoms with E-state index in [0.717, 1.165) is 29.1 Å². The average Bonchev–Trinajstić information content (AvgIpc) is 2.84. The van der Waals surface area contributed by atoms with Crippen LogP contribution in [0.4, 0.5) is 0 Å². The van der Waals surface area contributed by atoms with Crippen molar-refractivity contribution in [3.63, 3.8) is 0 Å². The Morgan fingerprint density at radius 1 is 1.25 bits per heavy atom. The van der Waals surface area contributed by atoms with Gasteiger partial charge < -0.3 is 0 Å². The van der Waals surface area contributed by atoms with Crippen LogP contribution in [0.2, 0.25) is 0 Å². The Kier molecular flexibility index (Phi) is 4.91. The lowest BCUT2D eigenvalue weighted by molar-refractivity contribution is 0.580. The molecule has 0 radical (unpaired) electrons. The predicted octanol–water partition coefficient (Wildman–Crippen LogP) is 2.88. The highest BCUT2D eigenvalue weighted by molar-refractivity contribution is 7.89. The molecule has 0 fully saturated rings. The summed E-state index contributed by atoms with van der Waals surface area (Å²) < 4.78 is 26.9. The molecule has 2 rings (SSSR count). The van der Waals surface area contributed by atoms with Crippen LogP contribution in [0.15, 0.2) is 34.5 Å². The number of nitrogens with zero attached hydrogens (tertiary/aromatic N) is 1. The van der Waals surface area contributed by atoms with Crippen molar-refractivity contribution >= 4 is 21.4 Å². The van der Waals surface area contributed by atoms with Crippen LogP contribution < -0.4 is 4.72 Å². The Morgan fingerprint density at radius 3 is 2.50 bits per heavy atom. The van der Waals surface area contributed by atoms with Gasteiger partial charge in [0.2, 0.25) is 10.0 Å². The molecule has 1 heterocycles. The van der Waals surface area contributed by atoms with Crippen molar-refractivity contribution < 1.29 is 8.42 Å². The van der Waals surface area contributed by atoms with Crippen LogP contribution in [0.1, 0.15) is 29.6 Å². The first-order valence-electron chi connectivity index (χ1n) is 6.51. The van der Waals surface area contributed by atoms with Gasteiger partial charge in [-0.2, -0.15) is 0 Å². The highest BCUT2D eigenvalue weighted by atomic mass is 32.2. The Balaban J connectivity index is 2.05. The van der Waals surface area contributed by atoms with Gasteiger partial charge in [0, 0.05) is 5.38 Å². The van der Waals surface area contributed by atoms with Crippen molar-refractivity contribution in [1.29, 1.82) is 0 Å². The van der Waals surface area contributed by atoms with E-state index in [1.807, 2.05) is 24.4 Å². The van der Waals surface area contributed by atoms with Crippen LogP contribution in [0, 0.1) is 6.92 Å². The smallest absolute Gasteiger partial charge is 0.240 e. The van der Waals surface area contributed by atoms with E-state index in [1.165, 1.54) is 11.3 Å². The molecule has 108 valence electrons. The highest BCUT2D eigenvalue weighted by Crippen LogP contribution is 2.13. The zero-order valence-corrected chi connectivity index (χ0v) is 13.2. The fraction of sp³-hybridized carbons (Fsp3) is 0.357. The number of rotatable bonds is 6. The van der Waals surface area contributed by atoms with Crippen LogP contribution in [-0.2, 0) is 23.0 Å². The lowest BCUT2D eigenvalue weighted by atomic mass is 10.1. The van der Waals surface area contributed by atoms with Crippen LogP contribution >= 0.6 is 11.3 Å². The van der Waals surface area contributed by atoms with Crippen LogP contribution in [-0.4, -0.2) is 13.4 Å². The van der Waals surface area contributed by atoms with Crippen LogP contribution in [0.3, 0.4) is 0 Å². The first-order valence-corrected chi connectivity index (χ1v) is 8.87. The molecule has 4 nitrogen and oxygen atoms in total. The lowest BCUT2D eigenvalue weighted by Gasteiger charge is -2.06. The van der Waals surface area contributed by atoms with Gasteiger partial charge in [-0.05, 0) is 31.0 Å². The molecule has 1 N–H and O–H groups in total. The summed E-state index contributed by atoms with van der Waals surface area (Å²) in [6.45, 7) is 4.22. The van der Waals surface area contributed by atoms with Gasteiger partial charge in [0.15, 0.2) is 0 Å². The third-order valence-electron chi connectivity index (χ3n) is 2.88. The second-order valence-corrected chi connectivity index (χ2v) is 7.41. The molecule has 0 unspecified atom stereocenters. The number of sulfonamides is 1. The largest absolute Gasteiger partial charge is 0.245 e. The minimum atomic E-state index is -3.47. The van der Waals surface area contributed by atoms with Crippen molar-refractivity contribution in [2.24, 2.45) is 0 Å². The molecule has 0 amide bonds. The van der Waals surface area contributed by atoms with E-state index in [0.29, 0.717) is 4.90 Å². The van der Waals surface area contributed by atoms with Gasteiger partial charge in [-0.15, -0.1) is 11.3 Å². The molecular formula is C14H18N2O2S2. The quantitative estimate of drug-likeness (QED) is 0.892. The maximum absolute atomic E-state index is 12.1. The monoisotopic (exact) mass is 310 g/mol. The van der Waals surface area contributed by atoms with Gasteiger partial charge in [0.1, 0.15) is 0 Å². The summed E-state index contributed by atoms with van der Waals surface area (Å²) in [5.74, 6) is 0. The van der Waals surface area contributed by atoms with Crippen LogP contribution in [0.5, 0.6) is 0 Å². The molecule has 1 aromatic heterocycles. The molecule has 0 spiro atoms. The number of hydrogen-bond donors (Lipinski definition) is 1. The van der Waals surface area contributed by atoms with E-state index in [2.05, 4.69) is 16.6 Å². The Labute approximate surface area is 123 Å². The summed E-state index contributed by atoms with van der Waals surface area (Å²) in [7, 11) is -3.47. The molecule has 0 atom stereocenters. The van der Waals surface area contributed by atoms with Gasteiger partial charge in [-0.1, -0.05) is 25.5 Å². The molecule has 0 bridgehead atoms. The van der Waals surface area contributed by atoms with Crippen LogP contribution in [0.25, 0.3) is 0 Å². The van der Waals surface area contributed by atoms with Crippen molar-refractivity contribution in [3.8, 4) is 0 Å². The number of aryl methyl sites for hydroxylation is 2. The summed E-state index contributed by atoms with van der Waals surface area (Å²) >= 11 is 1.51. The molecule has 6 heteroatoms. The number of hydrogen-bond acceptors (Lipinski definition) is 4. The van der Waals surface area contributed by atoms with Crippen molar-refractivity contribution in [1.82, 2.24) is 9.71 Å². The first-order chi connectivity index (χ1) is 9.51. The van der Waals surface area contributed by atoms with Gasteiger partial charge >= 0.3 is 0 Å². The summed E-state index contributed by atoms with van der Waals surface area (Å²) in [6, 6.07) is 7.04. The van der Waals surface area contributed by atoms with Gasteiger partial charge in [-0.3, -0.25) is 0 Å². The second-order valence-electron chi connectivity index (χ2n) is 4.58. The Hall–Kier alpha value is -1.24. The fourth-order valence-electron chi connectivity index (χ4n) is 1.87. The van der Waals surface area contributed by atoms with E-state index >= 15 is 0 Å². The topological polar surface area (TPSA) is 59.1 Å². The summed E-state index contributed by atoms with van der Waals surface area (Å²) in [5, 5.41) is 2.80. The Morgan fingerprint density at radius 2 is 1.95 bits per heavy atom. The van der Waals surface area contributed by atoms with E-state index in [4.69, 9.17) is 0 Å². The molecule has 0 saturated heterocycles. The number of thiazole rings is 1. The van der Waals surface area contributed by atoms with Gasteiger partial charge in [-0.25, -0.2) is 18.1 Å². The van der Waals surface area contributed by atoms with Crippen molar-refractivity contribution in [2.75, 3.05) is 0 Å². The second kappa shape index (κ2) is 6.47. The summed E-state index contributed by atoms with van der Waals surface area (Å²) in [4.78, 5) is 4.53. The third kappa shape index (κ3) is 3.88. The standard InChI is InChI=1S/C14H18N2O2S2/c1-3-4-12-5-7-14(8-6-12)20(17,18)15-9-13-10-19-11(2)16-13/h5-8,10,15H,3-4,9H2,1-2H3. The van der Waals surface area contributed by atoms with Gasteiger partial charge in [0.25, 0.3) is 0 Å². The Bertz CT molecular complexity index is 661. The minimum Gasteiger partial charge on any atom is -0.245 e. The third-order valence-corrected chi connectivity index (χ3v) is 5.12. The first kappa shape index (κ1) is 15.2. The predicted molar refractivity (Wildman–Crippen MR) is 81.3 cm³/mol. The molecular weight excluding hydrogens is 292 g/mol. The van der Waals surface area contributed by atoms with E-state index < -0.39 is 10.0 Å². The lowest BCUT2D eigenvalue weighted by Crippen LogP contribution is -2.23. The van der Waals surface area contributed by atoms with E-state index in [-0.39, 0.29) is 6.54 Å². The maximum atomic E-state index is 12.1. The zero-order valence-electron chi connectivity index (χ0n) is 11.6. The van der Waals surface area contributed by atoms with Crippen molar-refractivity contribution in [2.45, 2.75) is 38.1 Å². The van der Waals surface area contributed by atoms with E-state index in [1.54, 1.807) is 12.1 Å². The molecule has 0 aliphatic rings. The normalized spacial score (nSPS) is 11.7. The summed E-state index contributed by atoms with van der Waals surface area (Å²) in [5.41, 5.74) is 1.90. The van der Waals surface area contributed by atoms with Gasteiger partial charge in [0.05, 0.1) is 22.1 Å². The fourth-order valence-corrected chi connectivity index (χ4v) is 3.48.